The molecule has 3 N–H and O–H groups in total. The van der Waals surface area contributed by atoms with Crippen molar-refractivity contribution in [2.24, 2.45) is 0 Å². The Bertz CT molecular complexity index is 821. The molecule has 1 aromatic carbocycles. The van der Waals surface area contributed by atoms with Crippen LogP contribution in [0.2, 0.25) is 0 Å². The van der Waals surface area contributed by atoms with Gasteiger partial charge in [0.05, 0.1) is 5.52 Å². The lowest BCUT2D eigenvalue weighted by Crippen LogP contribution is -2.02. The molecular formula is C13H13N5O2. The zero-order valence-electron chi connectivity index (χ0n) is 11.0. The molecule has 0 fully saturated rings. The molecule has 3 rings (SSSR count). The van der Waals surface area contributed by atoms with E-state index in [0.29, 0.717) is 17.0 Å². The number of aromatic nitrogens is 3. The molecule has 20 heavy (non-hydrogen) atoms. The van der Waals surface area contributed by atoms with Crippen molar-refractivity contribution < 1.29 is 4.42 Å². The number of oxazole rings is 1. The fraction of sp³-hybridized carbons (Fsp3) is 0.154. The summed E-state index contributed by atoms with van der Waals surface area (Å²) in [5.74, 6) is 0.770. The van der Waals surface area contributed by atoms with E-state index >= 15 is 0 Å². The molecule has 7 heteroatoms. The highest BCUT2D eigenvalue weighted by atomic mass is 16.4. The number of hydrogen-bond donors (Lipinski definition) is 3. The fourth-order valence-corrected chi connectivity index (χ4v) is 1.91. The van der Waals surface area contributed by atoms with Gasteiger partial charge in [0.1, 0.15) is 5.82 Å². The average molecular weight is 271 g/mol. The Labute approximate surface area is 114 Å². The van der Waals surface area contributed by atoms with Crippen LogP contribution in [0.3, 0.4) is 0 Å². The van der Waals surface area contributed by atoms with Gasteiger partial charge < -0.3 is 15.1 Å². The summed E-state index contributed by atoms with van der Waals surface area (Å²) in [6, 6.07) is 5.27. The van der Waals surface area contributed by atoms with Gasteiger partial charge in [-0.05, 0) is 25.1 Å². The number of fused-ring (bicyclic) bond motifs is 1. The molecule has 0 aliphatic heterocycles. The van der Waals surface area contributed by atoms with Crippen LogP contribution < -0.4 is 16.4 Å². The standard InChI is InChI=1S/C13H13N5O2/c1-7-6-15-12(18-11(7)14-2)16-8-3-4-10-9(5-8)17-13(19)20-10/h3-6H,1-2H3,(H,17,19)(H2,14,15,16,18). The van der Waals surface area contributed by atoms with Crippen LogP contribution in [-0.4, -0.2) is 22.0 Å². The number of benzene rings is 1. The highest BCUT2D eigenvalue weighted by Gasteiger charge is 2.05. The first-order valence-electron chi connectivity index (χ1n) is 6.07. The number of aryl methyl sites for hydroxylation is 1. The normalized spacial score (nSPS) is 10.7. The van der Waals surface area contributed by atoms with Gasteiger partial charge in [-0.15, -0.1) is 0 Å². The van der Waals surface area contributed by atoms with Gasteiger partial charge in [-0.3, -0.25) is 4.98 Å². The number of rotatable bonds is 3. The number of aromatic amines is 1. The molecule has 0 aliphatic carbocycles. The lowest BCUT2D eigenvalue weighted by molar-refractivity contribution is 0.555. The van der Waals surface area contributed by atoms with Crippen molar-refractivity contribution in [3.05, 3.63) is 40.5 Å². The Kier molecular flexibility index (Phi) is 2.86. The SMILES string of the molecule is CNc1nc(Nc2ccc3oc(=O)[nH]c3c2)ncc1C. The first kappa shape index (κ1) is 12.2. The maximum absolute atomic E-state index is 11.1. The summed E-state index contributed by atoms with van der Waals surface area (Å²) >= 11 is 0. The smallest absolute Gasteiger partial charge is 0.408 e. The summed E-state index contributed by atoms with van der Waals surface area (Å²) in [6.07, 6.45) is 1.74. The third-order valence-electron chi connectivity index (χ3n) is 2.88. The van der Waals surface area contributed by atoms with Gasteiger partial charge >= 0.3 is 5.76 Å². The third-order valence-corrected chi connectivity index (χ3v) is 2.88. The van der Waals surface area contributed by atoms with Crippen LogP contribution in [0.4, 0.5) is 17.5 Å². The summed E-state index contributed by atoms with van der Waals surface area (Å²) in [5, 5.41) is 6.08. The van der Waals surface area contributed by atoms with Crippen molar-refractivity contribution in [2.45, 2.75) is 6.92 Å². The quantitative estimate of drug-likeness (QED) is 0.674. The van der Waals surface area contributed by atoms with E-state index in [9.17, 15) is 4.79 Å². The molecular weight excluding hydrogens is 258 g/mol. The number of anilines is 3. The Morgan fingerprint density at radius 3 is 3.00 bits per heavy atom. The van der Waals surface area contributed by atoms with Crippen molar-refractivity contribution in [3.63, 3.8) is 0 Å². The Morgan fingerprint density at radius 1 is 1.35 bits per heavy atom. The second-order valence-electron chi connectivity index (χ2n) is 4.33. The molecule has 2 aromatic heterocycles. The van der Waals surface area contributed by atoms with Gasteiger partial charge in [0.15, 0.2) is 5.58 Å². The Morgan fingerprint density at radius 2 is 2.20 bits per heavy atom. The van der Waals surface area contributed by atoms with E-state index in [0.717, 1.165) is 17.1 Å². The molecule has 0 unspecified atom stereocenters. The van der Waals surface area contributed by atoms with E-state index in [1.807, 2.05) is 6.92 Å². The second kappa shape index (κ2) is 4.69. The van der Waals surface area contributed by atoms with Gasteiger partial charge in [-0.25, -0.2) is 9.78 Å². The maximum Gasteiger partial charge on any atom is 0.417 e. The zero-order chi connectivity index (χ0) is 14.1. The molecule has 0 spiro atoms. The van der Waals surface area contributed by atoms with Gasteiger partial charge in [-0.2, -0.15) is 4.98 Å². The number of hydrogen-bond acceptors (Lipinski definition) is 6. The van der Waals surface area contributed by atoms with E-state index in [1.165, 1.54) is 0 Å². The maximum atomic E-state index is 11.1. The van der Waals surface area contributed by atoms with Crippen LogP contribution in [0.5, 0.6) is 0 Å². The van der Waals surface area contributed by atoms with Crippen molar-refractivity contribution in [2.75, 3.05) is 17.7 Å². The summed E-state index contributed by atoms with van der Waals surface area (Å²) in [5.41, 5.74) is 2.87. The summed E-state index contributed by atoms with van der Waals surface area (Å²) in [4.78, 5) is 22.3. The van der Waals surface area contributed by atoms with Crippen molar-refractivity contribution >= 4 is 28.6 Å². The van der Waals surface area contributed by atoms with Gasteiger partial charge in [0, 0.05) is 24.5 Å². The molecule has 0 radical (unpaired) electrons. The topological polar surface area (TPSA) is 95.8 Å². The number of H-pyrrole nitrogens is 1. The molecule has 102 valence electrons. The molecule has 0 saturated heterocycles. The highest BCUT2D eigenvalue weighted by Crippen LogP contribution is 2.20. The highest BCUT2D eigenvalue weighted by molar-refractivity contribution is 5.77. The molecule has 3 aromatic rings. The largest absolute Gasteiger partial charge is 0.417 e. The first-order valence-corrected chi connectivity index (χ1v) is 6.07. The van der Waals surface area contributed by atoms with Crippen LogP contribution in [0.25, 0.3) is 11.1 Å². The van der Waals surface area contributed by atoms with Gasteiger partial charge in [0.2, 0.25) is 5.95 Å². The lowest BCUT2D eigenvalue weighted by atomic mass is 10.3. The monoisotopic (exact) mass is 271 g/mol. The van der Waals surface area contributed by atoms with E-state index < -0.39 is 5.76 Å². The van der Waals surface area contributed by atoms with Crippen molar-refractivity contribution in [1.29, 1.82) is 0 Å². The summed E-state index contributed by atoms with van der Waals surface area (Å²) in [6.45, 7) is 1.93. The predicted octanol–water partition coefficient (Wildman–Crippen LogP) is 2.00. The predicted molar refractivity (Wildman–Crippen MR) is 76.4 cm³/mol. The Balaban J connectivity index is 1.94. The average Bonchev–Trinajstić information content (AvgIpc) is 2.80. The van der Waals surface area contributed by atoms with Crippen LogP contribution in [0, 0.1) is 6.92 Å². The van der Waals surface area contributed by atoms with Crippen LogP contribution in [-0.2, 0) is 0 Å². The van der Waals surface area contributed by atoms with Crippen LogP contribution >= 0.6 is 0 Å². The van der Waals surface area contributed by atoms with Crippen LogP contribution in [0.1, 0.15) is 5.56 Å². The van der Waals surface area contributed by atoms with Gasteiger partial charge in [-0.1, -0.05) is 0 Å². The molecule has 0 aliphatic rings. The zero-order valence-corrected chi connectivity index (χ0v) is 11.0. The molecule has 7 nitrogen and oxygen atoms in total. The number of nitrogens with one attached hydrogen (secondary N) is 3. The second-order valence-corrected chi connectivity index (χ2v) is 4.33. The molecule has 0 atom stereocenters. The lowest BCUT2D eigenvalue weighted by Gasteiger charge is -2.08. The molecule has 0 saturated carbocycles. The van der Waals surface area contributed by atoms with E-state index in [-0.39, 0.29) is 0 Å². The minimum atomic E-state index is -0.471. The molecule has 2 heterocycles. The van der Waals surface area contributed by atoms with E-state index in [4.69, 9.17) is 4.42 Å². The number of nitrogens with zero attached hydrogens (tertiary/aromatic N) is 2. The van der Waals surface area contributed by atoms with E-state index in [2.05, 4.69) is 25.6 Å². The first-order chi connectivity index (χ1) is 9.65. The Hall–Kier alpha value is -2.83. The molecule has 0 bridgehead atoms. The minimum Gasteiger partial charge on any atom is -0.408 e. The summed E-state index contributed by atoms with van der Waals surface area (Å²) < 4.78 is 4.95. The minimum absolute atomic E-state index is 0.471. The van der Waals surface area contributed by atoms with E-state index in [1.54, 1.807) is 31.4 Å². The van der Waals surface area contributed by atoms with Gasteiger partial charge in [0.25, 0.3) is 0 Å². The third kappa shape index (κ3) is 2.20. The van der Waals surface area contributed by atoms with Crippen molar-refractivity contribution in [1.82, 2.24) is 15.0 Å². The summed E-state index contributed by atoms with van der Waals surface area (Å²) in [7, 11) is 1.81. The fourth-order valence-electron chi connectivity index (χ4n) is 1.91. The van der Waals surface area contributed by atoms with Crippen molar-refractivity contribution in [3.8, 4) is 0 Å². The molecule has 0 amide bonds. The van der Waals surface area contributed by atoms with Crippen LogP contribution in [0.15, 0.2) is 33.6 Å².